The molecule has 42 heavy (non-hydrogen) atoms. The van der Waals surface area contributed by atoms with Crippen molar-refractivity contribution in [1.82, 2.24) is 4.90 Å². The summed E-state index contributed by atoms with van der Waals surface area (Å²) in [6, 6.07) is 19.0. The molecule has 0 fully saturated rings. The molecule has 0 bridgehead atoms. The molecular formula is C29H24FN3O7S2. The number of sulfonamides is 1. The number of hydrogen-bond acceptors (Lipinski definition) is 9. The van der Waals surface area contributed by atoms with Crippen molar-refractivity contribution in [1.29, 1.82) is 0 Å². The van der Waals surface area contributed by atoms with Crippen LogP contribution < -0.4 is 19.5 Å². The molecular weight excluding hydrogens is 585 g/mol. The van der Waals surface area contributed by atoms with Gasteiger partial charge in [0.15, 0.2) is 0 Å². The van der Waals surface area contributed by atoms with E-state index < -0.39 is 27.7 Å². The van der Waals surface area contributed by atoms with Crippen LogP contribution in [0.3, 0.4) is 0 Å². The van der Waals surface area contributed by atoms with E-state index >= 15 is 0 Å². The van der Waals surface area contributed by atoms with E-state index in [2.05, 4.69) is 10.0 Å². The molecule has 5 rings (SSSR count). The lowest BCUT2D eigenvalue weighted by molar-refractivity contribution is -0.138. The van der Waals surface area contributed by atoms with E-state index in [1.807, 2.05) is 0 Å². The van der Waals surface area contributed by atoms with Gasteiger partial charge < -0.3 is 19.2 Å². The zero-order chi connectivity index (χ0) is 29.9. The van der Waals surface area contributed by atoms with Crippen LogP contribution >= 0.6 is 11.8 Å². The number of rotatable bonds is 11. The van der Waals surface area contributed by atoms with Crippen molar-refractivity contribution >= 4 is 45.0 Å². The molecule has 0 saturated carbocycles. The topological polar surface area (TPSA) is 127 Å². The summed E-state index contributed by atoms with van der Waals surface area (Å²) >= 11 is 1.04. The van der Waals surface area contributed by atoms with E-state index in [1.54, 1.807) is 42.5 Å². The Balaban J connectivity index is 1.42. The minimum Gasteiger partial charge on any atom is -0.497 e. The first-order valence-electron chi connectivity index (χ1n) is 12.4. The Hall–Kier alpha value is -4.75. The smallest absolute Gasteiger partial charge is 0.278 e. The zero-order valence-electron chi connectivity index (χ0n) is 22.3. The van der Waals surface area contributed by atoms with Gasteiger partial charge in [-0.05, 0) is 72.8 Å². The van der Waals surface area contributed by atoms with E-state index in [9.17, 15) is 22.4 Å². The van der Waals surface area contributed by atoms with Crippen LogP contribution in [0.4, 0.5) is 15.8 Å². The van der Waals surface area contributed by atoms with Crippen LogP contribution in [0.2, 0.25) is 0 Å². The number of nitrogens with zero attached hydrogens (tertiary/aromatic N) is 1. The molecule has 10 nitrogen and oxygen atoms in total. The fourth-order valence-corrected chi connectivity index (χ4v) is 6.04. The third kappa shape index (κ3) is 6.11. The Morgan fingerprint density at radius 1 is 0.929 bits per heavy atom. The van der Waals surface area contributed by atoms with E-state index in [0.717, 1.165) is 40.9 Å². The predicted octanol–water partition coefficient (Wildman–Crippen LogP) is 5.22. The summed E-state index contributed by atoms with van der Waals surface area (Å²) in [5, 5.41) is 3.05. The molecule has 2 amide bonds. The molecule has 216 valence electrons. The van der Waals surface area contributed by atoms with Crippen molar-refractivity contribution in [3.8, 4) is 11.5 Å². The van der Waals surface area contributed by atoms with Gasteiger partial charge in [-0.25, -0.2) is 12.8 Å². The molecule has 2 N–H and O–H groups in total. The number of hydrogen-bond donors (Lipinski definition) is 2. The first-order chi connectivity index (χ1) is 20.2. The molecule has 0 atom stereocenters. The van der Waals surface area contributed by atoms with Crippen LogP contribution in [-0.4, -0.2) is 39.4 Å². The van der Waals surface area contributed by atoms with E-state index in [4.69, 9.17) is 13.9 Å². The number of ether oxygens (including phenoxy) is 2. The predicted molar refractivity (Wildman–Crippen MR) is 154 cm³/mol. The quantitative estimate of drug-likeness (QED) is 0.220. The van der Waals surface area contributed by atoms with Gasteiger partial charge in [0.2, 0.25) is 0 Å². The van der Waals surface area contributed by atoms with Crippen LogP contribution in [0.25, 0.3) is 0 Å². The number of methoxy groups -OCH3 is 2. The third-order valence-corrected chi connectivity index (χ3v) is 8.63. The molecule has 0 radical (unpaired) electrons. The van der Waals surface area contributed by atoms with Gasteiger partial charge in [-0.1, -0.05) is 11.8 Å². The molecule has 1 aromatic heterocycles. The molecule has 2 heterocycles. The zero-order valence-corrected chi connectivity index (χ0v) is 23.9. The van der Waals surface area contributed by atoms with Crippen molar-refractivity contribution in [2.24, 2.45) is 0 Å². The molecule has 0 spiro atoms. The molecule has 3 aromatic carbocycles. The van der Waals surface area contributed by atoms with Crippen molar-refractivity contribution in [2.75, 3.05) is 24.3 Å². The van der Waals surface area contributed by atoms with Crippen LogP contribution in [-0.2, 0) is 26.2 Å². The highest BCUT2D eigenvalue weighted by Crippen LogP contribution is 2.39. The van der Waals surface area contributed by atoms with Crippen molar-refractivity contribution in [3.63, 3.8) is 0 Å². The number of benzene rings is 3. The lowest BCUT2D eigenvalue weighted by Gasteiger charge is -2.15. The van der Waals surface area contributed by atoms with Gasteiger partial charge in [-0.15, -0.1) is 0 Å². The highest BCUT2D eigenvalue weighted by molar-refractivity contribution is 8.04. The van der Waals surface area contributed by atoms with Crippen LogP contribution in [0, 0.1) is 5.82 Å². The SMILES string of the molecule is COc1ccc(NC2=C(Sc3ccc(NS(=O)(=O)c4ccc(F)cc4)cc3)C(=O)N(Cc3ccco3)C2=O)c(OC)c1. The Bertz CT molecular complexity index is 1760. The molecule has 0 aliphatic carbocycles. The van der Waals surface area contributed by atoms with Crippen molar-refractivity contribution in [2.45, 2.75) is 16.3 Å². The highest BCUT2D eigenvalue weighted by atomic mass is 32.2. The summed E-state index contributed by atoms with van der Waals surface area (Å²) in [5.74, 6) is -0.259. The summed E-state index contributed by atoms with van der Waals surface area (Å²) < 4.78 is 57.0. The number of nitrogens with one attached hydrogen (secondary N) is 2. The Labute approximate surface area is 245 Å². The Morgan fingerprint density at radius 2 is 1.67 bits per heavy atom. The largest absolute Gasteiger partial charge is 0.497 e. The van der Waals surface area contributed by atoms with Gasteiger partial charge in [0, 0.05) is 16.6 Å². The summed E-state index contributed by atoms with van der Waals surface area (Å²) in [5.41, 5.74) is 0.742. The fourth-order valence-electron chi connectivity index (χ4n) is 4.03. The first kappa shape index (κ1) is 28.8. The molecule has 13 heteroatoms. The van der Waals surface area contributed by atoms with Gasteiger partial charge in [-0.3, -0.25) is 19.2 Å². The first-order valence-corrected chi connectivity index (χ1v) is 14.7. The molecule has 0 unspecified atom stereocenters. The second kappa shape index (κ2) is 12.0. The average Bonchev–Trinajstić information content (AvgIpc) is 3.58. The van der Waals surface area contributed by atoms with Gasteiger partial charge in [0.25, 0.3) is 21.8 Å². The monoisotopic (exact) mass is 609 g/mol. The minimum atomic E-state index is -3.95. The number of carbonyl (C=O) groups is 2. The van der Waals surface area contributed by atoms with Crippen molar-refractivity contribution in [3.05, 3.63) is 107 Å². The Morgan fingerprint density at radius 3 is 2.31 bits per heavy atom. The normalized spacial score (nSPS) is 13.5. The van der Waals surface area contributed by atoms with Gasteiger partial charge in [0.05, 0.1) is 37.6 Å². The third-order valence-electron chi connectivity index (χ3n) is 6.14. The summed E-state index contributed by atoms with van der Waals surface area (Å²) in [6.07, 6.45) is 1.46. The molecule has 1 aliphatic rings. The van der Waals surface area contributed by atoms with Gasteiger partial charge in [-0.2, -0.15) is 0 Å². The van der Waals surface area contributed by atoms with E-state index in [-0.39, 0.29) is 27.7 Å². The molecule has 1 aliphatic heterocycles. The lowest BCUT2D eigenvalue weighted by Crippen LogP contribution is -2.31. The molecule has 4 aromatic rings. The lowest BCUT2D eigenvalue weighted by atomic mass is 10.2. The number of furan rings is 1. The standard InChI is InChI=1S/C29H24FN3O7S2/c1-38-20-9-14-24(25(16-20)39-2)31-26-27(29(35)33(28(26)34)17-21-4-3-15-40-21)41-22-10-7-19(8-11-22)32-42(36,37)23-12-5-18(30)6-13-23/h3-16,31-32H,17H2,1-2H3. The maximum Gasteiger partial charge on any atom is 0.278 e. The summed E-state index contributed by atoms with van der Waals surface area (Å²) in [7, 11) is -0.956. The van der Waals surface area contributed by atoms with Crippen molar-refractivity contribution < 1.29 is 36.3 Å². The fraction of sp³-hybridized carbons (Fsp3) is 0.103. The second-order valence-corrected chi connectivity index (χ2v) is 11.6. The molecule has 0 saturated heterocycles. The number of thioether (sulfide) groups is 1. The number of anilines is 2. The van der Waals surface area contributed by atoms with Gasteiger partial charge >= 0.3 is 0 Å². The van der Waals surface area contributed by atoms with Crippen LogP contribution in [0.5, 0.6) is 11.5 Å². The highest BCUT2D eigenvalue weighted by Gasteiger charge is 2.40. The Kier molecular flexibility index (Phi) is 8.22. The maximum absolute atomic E-state index is 13.5. The van der Waals surface area contributed by atoms with E-state index in [0.29, 0.717) is 27.8 Å². The minimum absolute atomic E-state index is 0.0427. The number of carbonyl (C=O) groups excluding carboxylic acids is 2. The van der Waals surface area contributed by atoms with Crippen LogP contribution in [0.1, 0.15) is 5.76 Å². The average molecular weight is 610 g/mol. The number of amides is 2. The van der Waals surface area contributed by atoms with Gasteiger partial charge in [0.1, 0.15) is 33.7 Å². The summed E-state index contributed by atoms with van der Waals surface area (Å²) in [6.45, 7) is -0.0657. The number of halogens is 1. The maximum atomic E-state index is 13.5. The van der Waals surface area contributed by atoms with Crippen LogP contribution in [0.15, 0.2) is 110 Å². The number of imide groups is 1. The second-order valence-electron chi connectivity index (χ2n) is 8.86. The van der Waals surface area contributed by atoms with E-state index in [1.165, 1.54) is 32.6 Å². The summed E-state index contributed by atoms with van der Waals surface area (Å²) in [4.78, 5) is 28.7.